The molecule has 0 saturated carbocycles. The van der Waals surface area contributed by atoms with Crippen molar-refractivity contribution in [1.29, 1.82) is 0 Å². The Kier molecular flexibility index (Phi) is 5.02. The van der Waals surface area contributed by atoms with E-state index in [4.69, 9.17) is 5.11 Å². The second-order valence-corrected chi connectivity index (χ2v) is 4.13. The normalized spacial score (nSPS) is 9.91. The molecule has 7 heteroatoms. The van der Waals surface area contributed by atoms with Crippen molar-refractivity contribution in [2.75, 3.05) is 11.9 Å². The number of rotatable bonds is 4. The van der Waals surface area contributed by atoms with Crippen LogP contribution in [0.15, 0.2) is 42.5 Å². The number of carboxylic acid groups (broad SMARTS) is 1. The summed E-state index contributed by atoms with van der Waals surface area (Å²) >= 11 is 0. The molecule has 3 aromatic rings. The highest BCUT2D eigenvalue weighted by Gasteiger charge is 2.09. The summed E-state index contributed by atoms with van der Waals surface area (Å²) in [4.78, 5) is 10.6. The van der Waals surface area contributed by atoms with Gasteiger partial charge in [0.2, 0.25) is 0 Å². The maximum Gasteiger partial charge on any atom is 0.322 e. The third-order valence-electron chi connectivity index (χ3n) is 2.72. The molecule has 0 unspecified atom stereocenters. The third kappa shape index (κ3) is 3.38. The molecule has 2 aromatic heterocycles. The fraction of sp³-hybridized carbons (Fsp3) is 0.200. The van der Waals surface area contributed by atoms with Crippen LogP contribution >= 0.6 is 0 Å². The van der Waals surface area contributed by atoms with Crippen LogP contribution in [0.3, 0.4) is 0 Å². The molecule has 0 radical (unpaired) electrons. The molecular formula is C15H17N5O2. The highest BCUT2D eigenvalue weighted by atomic mass is 16.4. The van der Waals surface area contributed by atoms with Gasteiger partial charge in [-0.05, 0) is 12.1 Å². The van der Waals surface area contributed by atoms with Crippen molar-refractivity contribution in [3.05, 3.63) is 42.5 Å². The van der Waals surface area contributed by atoms with Gasteiger partial charge in [0, 0.05) is 5.56 Å². The van der Waals surface area contributed by atoms with Gasteiger partial charge >= 0.3 is 5.97 Å². The molecule has 114 valence electrons. The average molecular weight is 299 g/mol. The monoisotopic (exact) mass is 299 g/mol. The largest absolute Gasteiger partial charge is 0.480 e. The Labute approximate surface area is 127 Å². The highest BCUT2D eigenvalue weighted by molar-refractivity contribution is 5.72. The maximum atomic E-state index is 10.6. The zero-order valence-corrected chi connectivity index (χ0v) is 12.4. The molecule has 2 N–H and O–H groups in total. The minimum Gasteiger partial charge on any atom is -0.480 e. The first kappa shape index (κ1) is 15.4. The van der Waals surface area contributed by atoms with Crippen LogP contribution in [0.1, 0.15) is 13.8 Å². The number of hydrogen-bond acceptors (Lipinski definition) is 5. The molecule has 0 aliphatic carbocycles. The second kappa shape index (κ2) is 7.16. The molecule has 7 nitrogen and oxygen atoms in total. The number of aliphatic carboxylic acids is 1. The van der Waals surface area contributed by atoms with Gasteiger partial charge in [0.05, 0.1) is 0 Å². The molecule has 0 aliphatic heterocycles. The predicted molar refractivity (Wildman–Crippen MR) is 83.7 cm³/mol. The number of hydrogen-bond donors (Lipinski definition) is 2. The SMILES string of the molecule is CC.O=C(O)CNc1ccc2nnc(-c3ccccc3)n2n1. The quantitative estimate of drug-likeness (QED) is 0.768. The van der Waals surface area contributed by atoms with Gasteiger partial charge in [-0.3, -0.25) is 4.79 Å². The first-order valence-electron chi connectivity index (χ1n) is 6.97. The lowest BCUT2D eigenvalue weighted by molar-refractivity contribution is -0.134. The number of nitrogens with one attached hydrogen (secondary N) is 1. The topological polar surface area (TPSA) is 92.4 Å². The van der Waals surface area contributed by atoms with Gasteiger partial charge in [0.1, 0.15) is 12.4 Å². The van der Waals surface area contributed by atoms with Crippen molar-refractivity contribution >= 4 is 17.4 Å². The molecule has 0 aliphatic rings. The minimum atomic E-state index is -0.945. The lowest BCUT2D eigenvalue weighted by atomic mass is 10.2. The summed E-state index contributed by atoms with van der Waals surface area (Å²) in [5, 5.41) is 23.8. The van der Waals surface area contributed by atoms with Crippen LogP contribution < -0.4 is 5.32 Å². The van der Waals surface area contributed by atoms with E-state index in [1.54, 1.807) is 16.6 Å². The lowest BCUT2D eigenvalue weighted by Crippen LogP contribution is -2.14. The summed E-state index contributed by atoms with van der Waals surface area (Å²) in [5.74, 6) is 0.121. The van der Waals surface area contributed by atoms with Gasteiger partial charge < -0.3 is 10.4 Å². The molecule has 22 heavy (non-hydrogen) atoms. The Hall–Kier alpha value is -2.96. The van der Waals surface area contributed by atoms with Gasteiger partial charge in [-0.15, -0.1) is 15.3 Å². The summed E-state index contributed by atoms with van der Waals surface area (Å²) in [6.45, 7) is 3.81. The van der Waals surface area contributed by atoms with Crippen molar-refractivity contribution in [3.8, 4) is 11.4 Å². The van der Waals surface area contributed by atoms with Crippen LogP contribution in [0.5, 0.6) is 0 Å². The van der Waals surface area contributed by atoms with Gasteiger partial charge in [-0.25, -0.2) is 0 Å². The predicted octanol–water partition coefficient (Wildman–Crippen LogP) is 2.31. The number of carbonyl (C=O) groups is 1. The Morgan fingerprint density at radius 3 is 2.55 bits per heavy atom. The lowest BCUT2D eigenvalue weighted by Gasteiger charge is -2.03. The van der Waals surface area contributed by atoms with Crippen LogP contribution in [-0.2, 0) is 4.79 Å². The Balaban J connectivity index is 0.000000847. The van der Waals surface area contributed by atoms with E-state index in [-0.39, 0.29) is 6.54 Å². The smallest absolute Gasteiger partial charge is 0.322 e. The van der Waals surface area contributed by atoms with E-state index < -0.39 is 5.97 Å². The molecule has 3 rings (SSSR count). The van der Waals surface area contributed by atoms with Crippen LogP contribution in [-0.4, -0.2) is 37.4 Å². The maximum absolute atomic E-state index is 10.6. The van der Waals surface area contributed by atoms with Gasteiger partial charge in [0.15, 0.2) is 11.5 Å². The first-order valence-corrected chi connectivity index (χ1v) is 6.97. The fourth-order valence-corrected chi connectivity index (χ4v) is 1.82. The zero-order chi connectivity index (χ0) is 15.9. The number of aromatic nitrogens is 4. The number of carboxylic acids is 1. The van der Waals surface area contributed by atoms with Gasteiger partial charge in [-0.1, -0.05) is 44.2 Å². The van der Waals surface area contributed by atoms with Crippen molar-refractivity contribution in [3.63, 3.8) is 0 Å². The molecule has 0 fully saturated rings. The van der Waals surface area contributed by atoms with Crippen LogP contribution in [0.25, 0.3) is 17.0 Å². The van der Waals surface area contributed by atoms with E-state index >= 15 is 0 Å². The van der Waals surface area contributed by atoms with Crippen LogP contribution in [0.4, 0.5) is 5.82 Å². The second-order valence-electron chi connectivity index (χ2n) is 4.13. The molecular weight excluding hydrogens is 282 g/mol. The summed E-state index contributed by atoms with van der Waals surface area (Å²) in [7, 11) is 0. The molecule has 0 saturated heterocycles. The van der Waals surface area contributed by atoms with Crippen LogP contribution in [0.2, 0.25) is 0 Å². The van der Waals surface area contributed by atoms with Crippen molar-refractivity contribution in [2.24, 2.45) is 0 Å². The number of nitrogens with zero attached hydrogens (tertiary/aromatic N) is 4. The Morgan fingerprint density at radius 1 is 1.14 bits per heavy atom. The highest BCUT2D eigenvalue weighted by Crippen LogP contribution is 2.17. The van der Waals surface area contributed by atoms with E-state index in [0.29, 0.717) is 17.3 Å². The Morgan fingerprint density at radius 2 is 1.86 bits per heavy atom. The molecule has 0 spiro atoms. The number of anilines is 1. The van der Waals surface area contributed by atoms with Gasteiger partial charge in [0.25, 0.3) is 0 Å². The van der Waals surface area contributed by atoms with E-state index in [9.17, 15) is 4.79 Å². The third-order valence-corrected chi connectivity index (χ3v) is 2.72. The van der Waals surface area contributed by atoms with E-state index in [1.807, 2.05) is 44.2 Å². The molecule has 0 atom stereocenters. The standard InChI is InChI=1S/C13H11N5O2.C2H6/c19-12(20)8-14-10-6-7-11-15-16-13(18(11)17-10)9-4-2-1-3-5-9;1-2/h1-7H,8H2,(H,14,17)(H,19,20);1-2H3. The van der Waals surface area contributed by atoms with Gasteiger partial charge in [-0.2, -0.15) is 4.52 Å². The number of fused-ring (bicyclic) bond motifs is 1. The minimum absolute atomic E-state index is 0.193. The van der Waals surface area contributed by atoms with E-state index in [2.05, 4.69) is 20.6 Å². The Bertz CT molecular complexity index is 755. The van der Waals surface area contributed by atoms with Crippen molar-refractivity contribution in [1.82, 2.24) is 19.8 Å². The van der Waals surface area contributed by atoms with E-state index in [0.717, 1.165) is 5.56 Å². The summed E-state index contributed by atoms with van der Waals surface area (Å²) < 4.78 is 1.58. The molecule has 1 aromatic carbocycles. The van der Waals surface area contributed by atoms with Crippen LogP contribution in [0, 0.1) is 0 Å². The summed E-state index contributed by atoms with van der Waals surface area (Å²) in [6, 6.07) is 13.0. The molecule has 0 bridgehead atoms. The van der Waals surface area contributed by atoms with Crippen molar-refractivity contribution in [2.45, 2.75) is 13.8 Å². The molecule has 0 amide bonds. The fourth-order valence-electron chi connectivity index (χ4n) is 1.82. The zero-order valence-electron chi connectivity index (χ0n) is 12.4. The molecule has 2 heterocycles. The van der Waals surface area contributed by atoms with E-state index in [1.165, 1.54) is 0 Å². The average Bonchev–Trinajstić information content (AvgIpc) is 2.99. The first-order chi connectivity index (χ1) is 10.7. The summed E-state index contributed by atoms with van der Waals surface area (Å²) in [5.41, 5.74) is 1.49. The summed E-state index contributed by atoms with van der Waals surface area (Å²) in [6.07, 6.45) is 0. The van der Waals surface area contributed by atoms with Crippen molar-refractivity contribution < 1.29 is 9.90 Å². The number of benzene rings is 1.